The molecule has 2 fully saturated rings. The van der Waals surface area contributed by atoms with Crippen molar-refractivity contribution in [2.45, 2.75) is 58.1 Å². The molecule has 3 amide bonds. The van der Waals surface area contributed by atoms with Crippen molar-refractivity contribution in [2.24, 2.45) is 11.7 Å². The number of nitrogens with zero attached hydrogens (tertiary/aromatic N) is 1. The van der Waals surface area contributed by atoms with E-state index in [4.69, 9.17) is 10.5 Å². The zero-order chi connectivity index (χ0) is 19.6. The van der Waals surface area contributed by atoms with E-state index in [-0.39, 0.29) is 41.9 Å². The summed E-state index contributed by atoms with van der Waals surface area (Å²) in [7, 11) is 0. The molecule has 1 heterocycles. The van der Waals surface area contributed by atoms with E-state index in [1.165, 1.54) is 6.07 Å². The average Bonchev–Trinajstić information content (AvgIpc) is 3.24. The molecule has 1 unspecified atom stereocenters. The van der Waals surface area contributed by atoms with Crippen LogP contribution in [0, 0.1) is 5.92 Å². The van der Waals surface area contributed by atoms with Gasteiger partial charge >= 0.3 is 0 Å². The number of carbonyl (C=O) groups is 3. The summed E-state index contributed by atoms with van der Waals surface area (Å²) < 4.78 is 5.59. The Balaban J connectivity index is 1.68. The van der Waals surface area contributed by atoms with Gasteiger partial charge in [0.2, 0.25) is 11.8 Å². The second kappa shape index (κ2) is 7.98. The van der Waals surface area contributed by atoms with Crippen molar-refractivity contribution in [3.63, 3.8) is 0 Å². The Kier molecular flexibility index (Phi) is 5.68. The lowest BCUT2D eigenvalue weighted by molar-refractivity contribution is -0.129. The fourth-order valence-electron chi connectivity index (χ4n) is 3.88. The second-order valence-corrected chi connectivity index (χ2v) is 7.62. The van der Waals surface area contributed by atoms with Crippen molar-refractivity contribution in [2.75, 3.05) is 11.9 Å². The number of nitrogens with one attached hydrogen (secondary N) is 1. The Hall–Kier alpha value is -2.57. The first-order valence-corrected chi connectivity index (χ1v) is 9.56. The van der Waals surface area contributed by atoms with Crippen molar-refractivity contribution in [1.29, 1.82) is 0 Å². The minimum absolute atomic E-state index is 0.0561. The summed E-state index contributed by atoms with van der Waals surface area (Å²) in [4.78, 5) is 38.5. The van der Waals surface area contributed by atoms with Gasteiger partial charge in [0.15, 0.2) is 0 Å². The third-order valence-electron chi connectivity index (χ3n) is 5.17. The van der Waals surface area contributed by atoms with Crippen LogP contribution in [0.15, 0.2) is 18.2 Å². The topological polar surface area (TPSA) is 102 Å². The largest absolute Gasteiger partial charge is 0.490 e. The number of rotatable bonds is 6. The molecule has 0 bridgehead atoms. The van der Waals surface area contributed by atoms with Gasteiger partial charge in [-0.3, -0.25) is 14.4 Å². The lowest BCUT2D eigenvalue weighted by Crippen LogP contribution is -2.35. The standard InChI is InChI=1S/C20H27N3O4/c1-12(2)27-17-8-7-14(10-16(17)19(21)25)22-20(26)13-9-18(24)23(11-13)15-5-3-4-6-15/h7-8,10,12-13,15H,3-6,9,11H2,1-2H3,(H2,21,25)(H,22,26). The first kappa shape index (κ1) is 19.2. The number of hydrogen-bond donors (Lipinski definition) is 2. The van der Waals surface area contributed by atoms with Gasteiger partial charge in [-0.15, -0.1) is 0 Å². The molecular weight excluding hydrogens is 346 g/mol. The lowest BCUT2D eigenvalue weighted by atomic mass is 10.1. The van der Waals surface area contributed by atoms with Gasteiger partial charge in [0.25, 0.3) is 5.91 Å². The lowest BCUT2D eigenvalue weighted by Gasteiger charge is -2.23. The minimum Gasteiger partial charge on any atom is -0.490 e. The molecule has 3 rings (SSSR count). The first-order chi connectivity index (χ1) is 12.8. The monoisotopic (exact) mass is 373 g/mol. The molecule has 1 aromatic carbocycles. The van der Waals surface area contributed by atoms with Gasteiger partial charge in [0.1, 0.15) is 5.75 Å². The Morgan fingerprint density at radius 1 is 1.26 bits per heavy atom. The fourth-order valence-corrected chi connectivity index (χ4v) is 3.88. The summed E-state index contributed by atoms with van der Waals surface area (Å²) in [5, 5.41) is 2.81. The van der Waals surface area contributed by atoms with Crippen LogP contribution in [-0.2, 0) is 9.59 Å². The summed E-state index contributed by atoms with van der Waals surface area (Å²) in [6.45, 7) is 4.17. The quantitative estimate of drug-likeness (QED) is 0.799. The van der Waals surface area contributed by atoms with Crippen LogP contribution in [0.4, 0.5) is 5.69 Å². The highest BCUT2D eigenvalue weighted by Crippen LogP contribution is 2.30. The van der Waals surface area contributed by atoms with E-state index in [0.29, 0.717) is 18.0 Å². The molecule has 27 heavy (non-hydrogen) atoms. The molecule has 7 heteroatoms. The number of likely N-dealkylation sites (tertiary alicyclic amines) is 1. The number of hydrogen-bond acceptors (Lipinski definition) is 4. The molecule has 1 saturated heterocycles. The summed E-state index contributed by atoms with van der Waals surface area (Å²) >= 11 is 0. The number of ether oxygens (including phenoxy) is 1. The molecule has 0 aromatic heterocycles. The van der Waals surface area contributed by atoms with E-state index >= 15 is 0 Å². The zero-order valence-corrected chi connectivity index (χ0v) is 15.9. The van der Waals surface area contributed by atoms with Crippen LogP contribution >= 0.6 is 0 Å². The second-order valence-electron chi connectivity index (χ2n) is 7.62. The van der Waals surface area contributed by atoms with Gasteiger partial charge in [-0.25, -0.2) is 0 Å². The Labute approximate surface area is 159 Å². The van der Waals surface area contributed by atoms with Crippen molar-refractivity contribution >= 4 is 23.4 Å². The summed E-state index contributed by atoms with van der Waals surface area (Å²) in [6.07, 6.45) is 4.48. The van der Waals surface area contributed by atoms with E-state index in [0.717, 1.165) is 25.7 Å². The Bertz CT molecular complexity index is 741. The molecule has 1 saturated carbocycles. The number of carbonyl (C=O) groups excluding carboxylic acids is 3. The number of primary amides is 1. The highest BCUT2D eigenvalue weighted by molar-refractivity contribution is 6.00. The third-order valence-corrected chi connectivity index (χ3v) is 5.17. The van der Waals surface area contributed by atoms with Crippen molar-refractivity contribution in [3.8, 4) is 5.75 Å². The van der Waals surface area contributed by atoms with Gasteiger partial charge in [-0.05, 0) is 44.9 Å². The predicted octanol–water partition coefficient (Wildman–Crippen LogP) is 2.30. The SMILES string of the molecule is CC(C)Oc1ccc(NC(=O)C2CC(=O)N(C3CCCC3)C2)cc1C(N)=O. The van der Waals surface area contributed by atoms with Crippen LogP contribution < -0.4 is 15.8 Å². The molecule has 1 atom stereocenters. The molecule has 0 spiro atoms. The molecule has 2 aliphatic rings. The summed E-state index contributed by atoms with van der Waals surface area (Å²) in [6, 6.07) is 5.10. The summed E-state index contributed by atoms with van der Waals surface area (Å²) in [5.74, 6) is -0.761. The molecule has 1 aliphatic carbocycles. The van der Waals surface area contributed by atoms with E-state index in [1.807, 2.05) is 18.7 Å². The van der Waals surface area contributed by atoms with Crippen LogP contribution in [0.2, 0.25) is 0 Å². The molecular formula is C20H27N3O4. The highest BCUT2D eigenvalue weighted by atomic mass is 16.5. The van der Waals surface area contributed by atoms with Crippen LogP contribution in [0.3, 0.4) is 0 Å². The van der Waals surface area contributed by atoms with Gasteiger partial charge in [-0.2, -0.15) is 0 Å². The Morgan fingerprint density at radius 2 is 1.96 bits per heavy atom. The van der Waals surface area contributed by atoms with E-state index in [1.54, 1.807) is 12.1 Å². The molecule has 0 radical (unpaired) electrons. The van der Waals surface area contributed by atoms with E-state index in [2.05, 4.69) is 5.32 Å². The first-order valence-electron chi connectivity index (χ1n) is 9.56. The highest BCUT2D eigenvalue weighted by Gasteiger charge is 2.38. The van der Waals surface area contributed by atoms with Crippen molar-refractivity contribution in [3.05, 3.63) is 23.8 Å². The maximum atomic E-state index is 12.6. The minimum atomic E-state index is -0.620. The van der Waals surface area contributed by atoms with Gasteiger partial charge < -0.3 is 20.7 Å². The Morgan fingerprint density at radius 3 is 2.59 bits per heavy atom. The van der Waals surface area contributed by atoms with Crippen LogP contribution in [0.5, 0.6) is 5.75 Å². The third kappa shape index (κ3) is 4.40. The smallest absolute Gasteiger partial charge is 0.252 e. The maximum Gasteiger partial charge on any atom is 0.252 e. The van der Waals surface area contributed by atoms with Gasteiger partial charge in [0.05, 0.1) is 17.6 Å². The number of nitrogens with two attached hydrogens (primary N) is 1. The van der Waals surface area contributed by atoms with Crippen LogP contribution in [0.25, 0.3) is 0 Å². The number of anilines is 1. The van der Waals surface area contributed by atoms with Crippen LogP contribution in [0.1, 0.15) is 56.3 Å². The maximum absolute atomic E-state index is 12.6. The van der Waals surface area contributed by atoms with Crippen LogP contribution in [-0.4, -0.2) is 41.3 Å². The molecule has 3 N–H and O–H groups in total. The van der Waals surface area contributed by atoms with Gasteiger partial charge in [-0.1, -0.05) is 12.8 Å². The van der Waals surface area contributed by atoms with E-state index in [9.17, 15) is 14.4 Å². The number of benzene rings is 1. The van der Waals surface area contributed by atoms with Gasteiger partial charge in [0, 0.05) is 24.7 Å². The fraction of sp³-hybridized carbons (Fsp3) is 0.550. The normalized spacial score (nSPS) is 20.3. The molecule has 1 aliphatic heterocycles. The molecule has 7 nitrogen and oxygen atoms in total. The van der Waals surface area contributed by atoms with E-state index < -0.39 is 5.91 Å². The average molecular weight is 373 g/mol. The predicted molar refractivity (Wildman–Crippen MR) is 101 cm³/mol. The molecule has 146 valence electrons. The summed E-state index contributed by atoms with van der Waals surface area (Å²) in [5.41, 5.74) is 6.12. The number of amides is 3. The van der Waals surface area contributed by atoms with Crippen molar-refractivity contribution in [1.82, 2.24) is 4.90 Å². The molecule has 1 aromatic rings. The zero-order valence-electron chi connectivity index (χ0n) is 15.9. The van der Waals surface area contributed by atoms with Crippen molar-refractivity contribution < 1.29 is 19.1 Å².